The van der Waals surface area contributed by atoms with Crippen LogP contribution in [-0.4, -0.2) is 27.5 Å². The largest absolute Gasteiger partial charge is 0.313 e. The van der Waals surface area contributed by atoms with Crippen LogP contribution in [0.25, 0.3) is 27.4 Å². The van der Waals surface area contributed by atoms with Gasteiger partial charge in [0.15, 0.2) is 0 Å². The molecule has 0 unspecified atom stereocenters. The van der Waals surface area contributed by atoms with Crippen LogP contribution >= 0.6 is 0 Å². The normalized spacial score (nSPS) is 21.9. The molecule has 3 heteroatoms. The summed E-state index contributed by atoms with van der Waals surface area (Å²) in [4.78, 5) is 6.93. The van der Waals surface area contributed by atoms with E-state index in [1.807, 2.05) is 12.4 Å². The monoisotopic (exact) mass is 353 g/mol. The molecular formula is C24H23N3. The summed E-state index contributed by atoms with van der Waals surface area (Å²) < 4.78 is 2.52. The summed E-state index contributed by atoms with van der Waals surface area (Å²) in [6, 6.07) is 17.0. The molecule has 2 aliphatic heterocycles. The molecule has 0 aliphatic carbocycles. The lowest BCUT2D eigenvalue weighted by atomic mass is 9.97. The van der Waals surface area contributed by atoms with Gasteiger partial charge in [-0.2, -0.15) is 0 Å². The van der Waals surface area contributed by atoms with E-state index in [0.717, 1.165) is 6.42 Å². The topological polar surface area (TPSA) is 21.1 Å². The molecule has 0 spiro atoms. The lowest BCUT2D eigenvalue weighted by Crippen LogP contribution is -2.34. The second kappa shape index (κ2) is 5.43. The molecule has 1 saturated heterocycles. The molecule has 4 heterocycles. The molecule has 2 aromatic carbocycles. The average molecular weight is 353 g/mol. The number of aryl methyl sites for hydroxylation is 1. The van der Waals surface area contributed by atoms with Gasteiger partial charge >= 0.3 is 0 Å². The van der Waals surface area contributed by atoms with Crippen molar-refractivity contribution in [1.82, 2.24) is 14.5 Å². The van der Waals surface area contributed by atoms with Crippen LogP contribution in [0.5, 0.6) is 0 Å². The Morgan fingerprint density at radius 2 is 1.93 bits per heavy atom. The van der Waals surface area contributed by atoms with Crippen LogP contribution in [0.3, 0.4) is 0 Å². The number of fused-ring (bicyclic) bond motifs is 7. The highest BCUT2D eigenvalue weighted by molar-refractivity contribution is 5.90. The number of pyridine rings is 1. The first kappa shape index (κ1) is 15.4. The zero-order chi connectivity index (χ0) is 18.1. The number of rotatable bonds is 1. The second-order valence-electron chi connectivity index (χ2n) is 8.24. The number of nitrogens with zero attached hydrogens (tertiary/aromatic N) is 3. The summed E-state index contributed by atoms with van der Waals surface area (Å²) in [5.74, 6) is 0. The Morgan fingerprint density at radius 3 is 2.85 bits per heavy atom. The minimum atomic E-state index is 0.562. The van der Waals surface area contributed by atoms with Crippen LogP contribution in [-0.2, 0) is 6.42 Å². The van der Waals surface area contributed by atoms with Gasteiger partial charge in [-0.05, 0) is 68.1 Å². The summed E-state index contributed by atoms with van der Waals surface area (Å²) in [6.07, 6.45) is 7.57. The van der Waals surface area contributed by atoms with Gasteiger partial charge in [0, 0.05) is 53.1 Å². The zero-order valence-electron chi connectivity index (χ0n) is 15.8. The number of aromatic nitrogens is 2. The van der Waals surface area contributed by atoms with Crippen molar-refractivity contribution in [3.8, 4) is 5.69 Å². The minimum Gasteiger partial charge on any atom is -0.313 e. The molecule has 6 rings (SSSR count). The van der Waals surface area contributed by atoms with Gasteiger partial charge in [0.25, 0.3) is 0 Å². The smallest absolute Gasteiger partial charge is 0.0535 e. The molecule has 134 valence electrons. The number of hydrogen-bond acceptors (Lipinski definition) is 2. The number of hydrogen-bond donors (Lipinski definition) is 0. The SMILES string of the molecule is Cc1ccc2c(c1)c1c(n2-c2ccc3ccncc3c2)C[C@@H]2CC[C@H]1N2C. The standard InChI is InChI=1S/C24H23N3/c1-15-3-7-21-20(11-15)24-22-8-6-18(26(22)2)13-23(24)27(21)19-5-4-16-9-10-25-14-17(16)12-19/h3-5,7,9-12,14,18,22H,6,8,13H2,1-2H3/t18-,22+/m0/s1. The third kappa shape index (κ3) is 2.09. The van der Waals surface area contributed by atoms with Gasteiger partial charge in [0.05, 0.1) is 5.52 Å². The fraction of sp³-hybridized carbons (Fsp3) is 0.292. The minimum absolute atomic E-state index is 0.562. The quantitative estimate of drug-likeness (QED) is 0.470. The van der Waals surface area contributed by atoms with Gasteiger partial charge in [-0.1, -0.05) is 17.7 Å². The molecule has 0 amide bonds. The lowest BCUT2D eigenvalue weighted by Gasteiger charge is -2.32. The highest BCUT2D eigenvalue weighted by Gasteiger charge is 2.40. The first-order valence-corrected chi connectivity index (χ1v) is 9.90. The molecule has 0 saturated carbocycles. The number of likely N-dealkylation sites (N-methyl/N-ethyl adjacent to an activating group) is 1. The van der Waals surface area contributed by atoms with Gasteiger partial charge in [-0.3, -0.25) is 9.88 Å². The van der Waals surface area contributed by atoms with Crippen LogP contribution in [0.4, 0.5) is 0 Å². The summed E-state index contributed by atoms with van der Waals surface area (Å²) >= 11 is 0. The lowest BCUT2D eigenvalue weighted by molar-refractivity contribution is 0.223. The molecule has 0 radical (unpaired) electrons. The van der Waals surface area contributed by atoms with Gasteiger partial charge < -0.3 is 4.57 Å². The van der Waals surface area contributed by atoms with Crippen molar-refractivity contribution in [3.63, 3.8) is 0 Å². The Balaban J connectivity index is 1.68. The molecule has 2 bridgehead atoms. The van der Waals surface area contributed by atoms with Gasteiger partial charge in [-0.15, -0.1) is 0 Å². The van der Waals surface area contributed by atoms with E-state index in [-0.39, 0.29) is 0 Å². The summed E-state index contributed by atoms with van der Waals surface area (Å²) in [5, 5.41) is 3.89. The van der Waals surface area contributed by atoms with E-state index >= 15 is 0 Å². The van der Waals surface area contributed by atoms with Crippen molar-refractivity contribution in [2.24, 2.45) is 0 Å². The van der Waals surface area contributed by atoms with Crippen LogP contribution in [0.2, 0.25) is 0 Å². The summed E-state index contributed by atoms with van der Waals surface area (Å²) in [5.41, 5.74) is 7.03. The zero-order valence-corrected chi connectivity index (χ0v) is 15.8. The van der Waals surface area contributed by atoms with Crippen molar-refractivity contribution in [2.75, 3.05) is 7.05 Å². The Morgan fingerprint density at radius 1 is 1.00 bits per heavy atom. The van der Waals surface area contributed by atoms with E-state index in [9.17, 15) is 0 Å². The third-order valence-electron chi connectivity index (χ3n) is 6.75. The highest BCUT2D eigenvalue weighted by Crippen LogP contribution is 2.47. The highest BCUT2D eigenvalue weighted by atomic mass is 15.2. The summed E-state index contributed by atoms with van der Waals surface area (Å²) in [7, 11) is 2.31. The van der Waals surface area contributed by atoms with Crippen LogP contribution in [0.1, 0.15) is 35.7 Å². The molecular weight excluding hydrogens is 330 g/mol. The van der Waals surface area contributed by atoms with Crippen molar-refractivity contribution in [1.29, 1.82) is 0 Å². The maximum Gasteiger partial charge on any atom is 0.0535 e. The molecule has 2 aromatic heterocycles. The van der Waals surface area contributed by atoms with Crippen LogP contribution in [0.15, 0.2) is 54.9 Å². The molecule has 1 fully saturated rings. The predicted octanol–water partition coefficient (Wildman–Crippen LogP) is 5.18. The van der Waals surface area contributed by atoms with Gasteiger partial charge in [-0.25, -0.2) is 0 Å². The first-order valence-electron chi connectivity index (χ1n) is 9.90. The van der Waals surface area contributed by atoms with E-state index in [2.05, 4.69) is 70.9 Å². The molecule has 2 atom stereocenters. The molecule has 0 N–H and O–H groups in total. The van der Waals surface area contributed by atoms with E-state index in [0.29, 0.717) is 12.1 Å². The van der Waals surface area contributed by atoms with Crippen molar-refractivity contribution in [3.05, 3.63) is 71.7 Å². The number of benzene rings is 2. The van der Waals surface area contributed by atoms with Crippen molar-refractivity contribution >= 4 is 21.7 Å². The third-order valence-corrected chi connectivity index (χ3v) is 6.75. The molecule has 3 nitrogen and oxygen atoms in total. The fourth-order valence-electron chi connectivity index (χ4n) is 5.39. The van der Waals surface area contributed by atoms with Crippen molar-refractivity contribution < 1.29 is 0 Å². The molecule has 4 aromatic rings. The fourth-order valence-corrected chi connectivity index (χ4v) is 5.39. The average Bonchev–Trinajstić information content (AvgIpc) is 3.11. The predicted molar refractivity (Wildman–Crippen MR) is 111 cm³/mol. The van der Waals surface area contributed by atoms with E-state index in [4.69, 9.17) is 0 Å². The van der Waals surface area contributed by atoms with E-state index < -0.39 is 0 Å². The van der Waals surface area contributed by atoms with E-state index in [1.54, 1.807) is 5.56 Å². The van der Waals surface area contributed by atoms with Crippen LogP contribution < -0.4 is 0 Å². The summed E-state index contributed by atoms with van der Waals surface area (Å²) in [6.45, 7) is 2.20. The van der Waals surface area contributed by atoms with Gasteiger partial charge in [0.1, 0.15) is 0 Å². The Bertz CT molecular complexity index is 1200. The Kier molecular flexibility index (Phi) is 3.10. The Hall–Kier alpha value is -2.65. The van der Waals surface area contributed by atoms with Crippen molar-refractivity contribution in [2.45, 2.75) is 38.3 Å². The van der Waals surface area contributed by atoms with E-state index in [1.165, 1.54) is 51.5 Å². The first-order chi connectivity index (χ1) is 13.2. The molecule has 2 aliphatic rings. The van der Waals surface area contributed by atoms with Crippen LogP contribution in [0, 0.1) is 6.92 Å². The Labute approximate surface area is 159 Å². The maximum atomic E-state index is 4.32. The molecule has 27 heavy (non-hydrogen) atoms. The second-order valence-corrected chi connectivity index (χ2v) is 8.24. The maximum absolute atomic E-state index is 4.32. The van der Waals surface area contributed by atoms with Gasteiger partial charge in [0.2, 0.25) is 0 Å².